The summed E-state index contributed by atoms with van der Waals surface area (Å²) in [5.74, 6) is 0.221. The average Bonchev–Trinajstić information content (AvgIpc) is 2.30. The fraction of sp³-hybridized carbons (Fsp3) is 0.900. The standard InChI is InChI=1S/C10H19N3O2/c1-12-6-7-15-8-9(12)10(14)13-4-2-11-3-5-13/h9,11H,2-8H2,1H3. The molecule has 0 aromatic carbocycles. The van der Waals surface area contributed by atoms with E-state index < -0.39 is 0 Å². The molecule has 5 nitrogen and oxygen atoms in total. The van der Waals surface area contributed by atoms with Crippen molar-refractivity contribution < 1.29 is 9.53 Å². The summed E-state index contributed by atoms with van der Waals surface area (Å²) < 4.78 is 5.36. The number of carbonyl (C=O) groups excluding carboxylic acids is 1. The van der Waals surface area contributed by atoms with Crippen molar-refractivity contribution in [2.75, 3.05) is 53.0 Å². The summed E-state index contributed by atoms with van der Waals surface area (Å²) in [6.45, 7) is 5.59. The van der Waals surface area contributed by atoms with Crippen LogP contribution in [-0.4, -0.2) is 74.7 Å². The lowest BCUT2D eigenvalue weighted by atomic mass is 10.2. The van der Waals surface area contributed by atoms with Crippen LogP contribution in [0, 0.1) is 0 Å². The number of piperazine rings is 1. The molecule has 0 radical (unpaired) electrons. The van der Waals surface area contributed by atoms with Crippen molar-refractivity contribution >= 4 is 5.91 Å². The number of nitrogens with zero attached hydrogens (tertiary/aromatic N) is 2. The van der Waals surface area contributed by atoms with Gasteiger partial charge >= 0.3 is 0 Å². The minimum absolute atomic E-state index is 0.0724. The fourth-order valence-corrected chi connectivity index (χ4v) is 2.04. The Morgan fingerprint density at radius 1 is 1.33 bits per heavy atom. The van der Waals surface area contributed by atoms with Gasteiger partial charge in [0.15, 0.2) is 0 Å². The van der Waals surface area contributed by atoms with Gasteiger partial charge in [-0.05, 0) is 7.05 Å². The SMILES string of the molecule is CN1CCOCC1C(=O)N1CCNCC1. The predicted octanol–water partition coefficient (Wildman–Crippen LogP) is -1.25. The molecule has 1 N–H and O–H groups in total. The van der Waals surface area contributed by atoms with Gasteiger partial charge in [-0.25, -0.2) is 0 Å². The van der Waals surface area contributed by atoms with Gasteiger partial charge in [0.2, 0.25) is 5.91 Å². The van der Waals surface area contributed by atoms with E-state index in [1.807, 2.05) is 11.9 Å². The molecule has 0 bridgehead atoms. The number of rotatable bonds is 1. The molecule has 2 rings (SSSR count). The molecule has 0 aromatic rings. The van der Waals surface area contributed by atoms with Crippen molar-refractivity contribution in [2.45, 2.75) is 6.04 Å². The van der Waals surface area contributed by atoms with Gasteiger partial charge in [-0.15, -0.1) is 0 Å². The molecule has 5 heteroatoms. The molecule has 1 unspecified atom stereocenters. The second-order valence-electron chi connectivity index (χ2n) is 4.15. The monoisotopic (exact) mass is 213 g/mol. The maximum absolute atomic E-state index is 12.1. The van der Waals surface area contributed by atoms with Gasteiger partial charge in [0.1, 0.15) is 6.04 Å². The van der Waals surface area contributed by atoms with E-state index in [1.165, 1.54) is 0 Å². The molecule has 0 aliphatic carbocycles. The number of morpholine rings is 1. The summed E-state index contributed by atoms with van der Waals surface area (Å²) in [7, 11) is 1.99. The van der Waals surface area contributed by atoms with Crippen LogP contribution in [0.25, 0.3) is 0 Å². The van der Waals surface area contributed by atoms with Crippen molar-refractivity contribution in [1.82, 2.24) is 15.1 Å². The smallest absolute Gasteiger partial charge is 0.242 e. The summed E-state index contributed by atoms with van der Waals surface area (Å²) >= 11 is 0. The summed E-state index contributed by atoms with van der Waals surface area (Å²) in [5, 5.41) is 3.24. The molecule has 0 aromatic heterocycles. The van der Waals surface area contributed by atoms with Crippen LogP contribution in [0.15, 0.2) is 0 Å². The van der Waals surface area contributed by atoms with Crippen LogP contribution in [0.3, 0.4) is 0 Å². The molecular weight excluding hydrogens is 194 g/mol. The second-order valence-corrected chi connectivity index (χ2v) is 4.15. The third-order valence-corrected chi connectivity index (χ3v) is 3.11. The molecule has 15 heavy (non-hydrogen) atoms. The summed E-state index contributed by atoms with van der Waals surface area (Å²) in [5.41, 5.74) is 0. The lowest BCUT2D eigenvalue weighted by Crippen LogP contribution is -2.56. The van der Waals surface area contributed by atoms with Crippen molar-refractivity contribution in [2.24, 2.45) is 0 Å². The first-order chi connectivity index (χ1) is 7.29. The Kier molecular flexibility index (Phi) is 3.56. The summed E-state index contributed by atoms with van der Waals surface area (Å²) in [4.78, 5) is 16.2. The van der Waals surface area contributed by atoms with Crippen LogP contribution in [-0.2, 0) is 9.53 Å². The molecule has 2 fully saturated rings. The number of carbonyl (C=O) groups is 1. The van der Waals surface area contributed by atoms with Crippen LogP contribution < -0.4 is 5.32 Å². The van der Waals surface area contributed by atoms with E-state index in [4.69, 9.17) is 4.74 Å². The largest absolute Gasteiger partial charge is 0.378 e. The Hall–Kier alpha value is -0.650. The van der Waals surface area contributed by atoms with Gasteiger partial charge < -0.3 is 15.0 Å². The average molecular weight is 213 g/mol. The molecule has 2 aliphatic rings. The number of hydrogen-bond donors (Lipinski definition) is 1. The molecule has 2 heterocycles. The number of likely N-dealkylation sites (N-methyl/N-ethyl adjacent to an activating group) is 1. The summed E-state index contributed by atoms with van der Waals surface area (Å²) in [6.07, 6.45) is 0. The van der Waals surface area contributed by atoms with Gasteiger partial charge in [-0.2, -0.15) is 0 Å². The molecule has 1 atom stereocenters. The van der Waals surface area contributed by atoms with E-state index >= 15 is 0 Å². The highest BCUT2D eigenvalue weighted by Crippen LogP contribution is 2.08. The first-order valence-corrected chi connectivity index (χ1v) is 5.56. The first kappa shape index (κ1) is 10.9. The maximum Gasteiger partial charge on any atom is 0.242 e. The highest BCUT2D eigenvalue weighted by molar-refractivity contribution is 5.82. The van der Waals surface area contributed by atoms with Crippen molar-refractivity contribution in [3.8, 4) is 0 Å². The quantitative estimate of drug-likeness (QED) is 0.591. The molecule has 2 saturated heterocycles. The molecule has 2 aliphatic heterocycles. The van der Waals surface area contributed by atoms with Crippen LogP contribution >= 0.6 is 0 Å². The molecular formula is C10H19N3O2. The van der Waals surface area contributed by atoms with Crippen molar-refractivity contribution in [1.29, 1.82) is 0 Å². The van der Waals surface area contributed by atoms with E-state index in [1.54, 1.807) is 0 Å². The molecule has 86 valence electrons. The topological polar surface area (TPSA) is 44.8 Å². The van der Waals surface area contributed by atoms with Crippen molar-refractivity contribution in [3.05, 3.63) is 0 Å². The zero-order chi connectivity index (χ0) is 10.7. The van der Waals surface area contributed by atoms with Gasteiger partial charge in [-0.1, -0.05) is 0 Å². The van der Waals surface area contributed by atoms with Gasteiger partial charge in [0, 0.05) is 32.7 Å². The van der Waals surface area contributed by atoms with Crippen molar-refractivity contribution in [3.63, 3.8) is 0 Å². The Morgan fingerprint density at radius 3 is 2.73 bits per heavy atom. The Morgan fingerprint density at radius 2 is 2.07 bits per heavy atom. The molecule has 0 spiro atoms. The predicted molar refractivity (Wildman–Crippen MR) is 56.7 cm³/mol. The van der Waals surface area contributed by atoms with Gasteiger partial charge in [0.05, 0.1) is 13.2 Å². The Balaban J connectivity index is 1.92. The fourth-order valence-electron chi connectivity index (χ4n) is 2.04. The van der Waals surface area contributed by atoms with Crippen LogP contribution in [0.4, 0.5) is 0 Å². The zero-order valence-electron chi connectivity index (χ0n) is 9.24. The number of nitrogens with one attached hydrogen (secondary N) is 1. The van der Waals surface area contributed by atoms with E-state index in [0.717, 1.165) is 39.3 Å². The minimum Gasteiger partial charge on any atom is -0.378 e. The van der Waals surface area contributed by atoms with E-state index in [9.17, 15) is 4.79 Å². The van der Waals surface area contributed by atoms with E-state index in [-0.39, 0.29) is 11.9 Å². The highest BCUT2D eigenvalue weighted by atomic mass is 16.5. The van der Waals surface area contributed by atoms with E-state index in [0.29, 0.717) is 6.61 Å². The number of ether oxygens (including phenoxy) is 1. The van der Waals surface area contributed by atoms with Crippen LogP contribution in [0.5, 0.6) is 0 Å². The summed E-state index contributed by atoms with van der Waals surface area (Å²) in [6, 6.07) is -0.0724. The first-order valence-electron chi connectivity index (χ1n) is 5.56. The maximum atomic E-state index is 12.1. The third-order valence-electron chi connectivity index (χ3n) is 3.11. The Labute approximate surface area is 90.4 Å². The van der Waals surface area contributed by atoms with Gasteiger partial charge in [0.25, 0.3) is 0 Å². The highest BCUT2D eigenvalue weighted by Gasteiger charge is 2.30. The number of hydrogen-bond acceptors (Lipinski definition) is 4. The third kappa shape index (κ3) is 2.48. The lowest BCUT2D eigenvalue weighted by molar-refractivity contribution is -0.142. The van der Waals surface area contributed by atoms with E-state index in [2.05, 4.69) is 10.2 Å². The Bertz CT molecular complexity index is 229. The van der Waals surface area contributed by atoms with Gasteiger partial charge in [-0.3, -0.25) is 9.69 Å². The van der Waals surface area contributed by atoms with Crippen LogP contribution in [0.2, 0.25) is 0 Å². The lowest BCUT2D eigenvalue weighted by Gasteiger charge is -2.36. The van der Waals surface area contributed by atoms with Crippen LogP contribution in [0.1, 0.15) is 0 Å². The molecule has 0 saturated carbocycles. The second kappa shape index (κ2) is 4.92. The minimum atomic E-state index is -0.0724. The number of amides is 1. The zero-order valence-corrected chi connectivity index (χ0v) is 9.24. The molecule has 1 amide bonds. The normalized spacial score (nSPS) is 29.1.